The average molecular weight is 332 g/mol. The highest BCUT2D eigenvalue weighted by Gasteiger charge is 2.10. The maximum Gasteiger partial charge on any atom is 0.337 e. The van der Waals surface area contributed by atoms with Gasteiger partial charge in [0.1, 0.15) is 11.4 Å². The molecule has 0 aliphatic carbocycles. The number of carbonyl (C=O) groups is 1. The second kappa shape index (κ2) is 8.08. The summed E-state index contributed by atoms with van der Waals surface area (Å²) in [6.07, 6.45) is 0. The van der Waals surface area contributed by atoms with Crippen molar-refractivity contribution in [2.24, 2.45) is 0 Å². The zero-order chi connectivity index (χ0) is 18.3. The van der Waals surface area contributed by atoms with Crippen molar-refractivity contribution >= 4 is 5.97 Å². The van der Waals surface area contributed by atoms with Gasteiger partial charge in [-0.1, -0.05) is 11.8 Å². The van der Waals surface area contributed by atoms with Crippen LogP contribution in [0.3, 0.4) is 0 Å². The SMILES string of the molecule is COC(=O)c1ccc(C#CC#Cc2ccc(OC(C)(C)C)cc2)cc1. The van der Waals surface area contributed by atoms with E-state index in [2.05, 4.69) is 28.4 Å². The van der Waals surface area contributed by atoms with E-state index in [9.17, 15) is 4.79 Å². The van der Waals surface area contributed by atoms with Crippen molar-refractivity contribution < 1.29 is 14.3 Å². The van der Waals surface area contributed by atoms with E-state index in [0.717, 1.165) is 16.9 Å². The first-order valence-corrected chi connectivity index (χ1v) is 7.87. The Labute approximate surface area is 149 Å². The van der Waals surface area contributed by atoms with Gasteiger partial charge in [0.2, 0.25) is 0 Å². The molecule has 2 aromatic carbocycles. The third-order valence-corrected chi connectivity index (χ3v) is 3.06. The highest BCUT2D eigenvalue weighted by Crippen LogP contribution is 2.18. The van der Waals surface area contributed by atoms with Gasteiger partial charge in [-0.2, -0.15) is 0 Å². The first-order chi connectivity index (χ1) is 11.9. The molecule has 0 saturated heterocycles. The molecule has 3 heteroatoms. The van der Waals surface area contributed by atoms with Crippen molar-refractivity contribution in [2.45, 2.75) is 26.4 Å². The van der Waals surface area contributed by atoms with Gasteiger partial charge in [-0.05, 0) is 81.1 Å². The lowest BCUT2D eigenvalue weighted by atomic mass is 10.1. The number of ether oxygens (including phenoxy) is 2. The topological polar surface area (TPSA) is 35.5 Å². The molecule has 25 heavy (non-hydrogen) atoms. The largest absolute Gasteiger partial charge is 0.488 e. The third kappa shape index (κ3) is 6.09. The van der Waals surface area contributed by atoms with Crippen LogP contribution in [0.2, 0.25) is 0 Å². The van der Waals surface area contributed by atoms with E-state index >= 15 is 0 Å². The molecule has 0 N–H and O–H groups in total. The van der Waals surface area contributed by atoms with E-state index in [0.29, 0.717) is 5.56 Å². The van der Waals surface area contributed by atoms with Gasteiger partial charge >= 0.3 is 5.97 Å². The Bertz CT molecular complexity index is 846. The number of esters is 1. The molecule has 0 amide bonds. The number of benzene rings is 2. The number of carbonyl (C=O) groups excluding carboxylic acids is 1. The summed E-state index contributed by atoms with van der Waals surface area (Å²) in [7, 11) is 1.35. The van der Waals surface area contributed by atoms with Gasteiger partial charge in [0.15, 0.2) is 0 Å². The minimum Gasteiger partial charge on any atom is -0.488 e. The molecule has 0 spiro atoms. The van der Waals surface area contributed by atoms with E-state index in [-0.39, 0.29) is 11.6 Å². The van der Waals surface area contributed by atoms with Crippen LogP contribution >= 0.6 is 0 Å². The summed E-state index contributed by atoms with van der Waals surface area (Å²) in [5.74, 6) is 12.0. The van der Waals surface area contributed by atoms with Gasteiger partial charge in [0.05, 0.1) is 12.7 Å². The standard InChI is InChI=1S/C22H20O3/c1-22(2,3)25-20-15-11-18(12-16-20)8-6-5-7-17-9-13-19(14-10-17)21(23)24-4/h9-16H,1-4H3. The van der Waals surface area contributed by atoms with Crippen molar-refractivity contribution in [3.05, 3.63) is 65.2 Å². The second-order valence-electron chi connectivity index (χ2n) is 6.31. The monoisotopic (exact) mass is 332 g/mol. The lowest BCUT2D eigenvalue weighted by Crippen LogP contribution is -2.22. The molecule has 0 unspecified atom stereocenters. The predicted molar refractivity (Wildman–Crippen MR) is 98.4 cm³/mol. The third-order valence-electron chi connectivity index (χ3n) is 3.06. The first kappa shape index (κ1) is 18.2. The van der Waals surface area contributed by atoms with Crippen molar-refractivity contribution in [2.75, 3.05) is 7.11 Å². The van der Waals surface area contributed by atoms with Crippen molar-refractivity contribution in [3.8, 4) is 29.4 Å². The summed E-state index contributed by atoms with van der Waals surface area (Å²) in [6.45, 7) is 6.02. The molecule has 2 aromatic rings. The lowest BCUT2D eigenvalue weighted by molar-refractivity contribution is 0.0600. The predicted octanol–water partition coefficient (Wildman–Crippen LogP) is 4.05. The normalized spacial score (nSPS) is 9.92. The van der Waals surface area contributed by atoms with E-state index < -0.39 is 0 Å². The van der Waals surface area contributed by atoms with E-state index in [1.165, 1.54) is 7.11 Å². The highest BCUT2D eigenvalue weighted by atomic mass is 16.5. The summed E-state index contributed by atoms with van der Waals surface area (Å²) in [4.78, 5) is 11.4. The second-order valence-corrected chi connectivity index (χ2v) is 6.31. The van der Waals surface area contributed by atoms with E-state index in [1.807, 2.05) is 45.0 Å². The maximum atomic E-state index is 11.4. The summed E-state index contributed by atoms with van der Waals surface area (Å²) in [5, 5.41) is 0. The fourth-order valence-corrected chi connectivity index (χ4v) is 1.97. The van der Waals surface area contributed by atoms with Crippen LogP contribution < -0.4 is 4.74 Å². The number of hydrogen-bond acceptors (Lipinski definition) is 3. The molecular formula is C22H20O3. The van der Waals surface area contributed by atoms with Crippen LogP contribution in [0, 0.1) is 23.7 Å². The Balaban J connectivity index is 2.01. The van der Waals surface area contributed by atoms with Crippen molar-refractivity contribution in [3.63, 3.8) is 0 Å². The van der Waals surface area contributed by atoms with Gasteiger partial charge in [-0.15, -0.1) is 0 Å². The fourth-order valence-electron chi connectivity index (χ4n) is 1.97. The van der Waals surface area contributed by atoms with Gasteiger partial charge in [0, 0.05) is 11.1 Å². The molecule has 3 nitrogen and oxygen atoms in total. The summed E-state index contributed by atoms with van der Waals surface area (Å²) in [6, 6.07) is 14.5. The van der Waals surface area contributed by atoms with Gasteiger partial charge in [-0.25, -0.2) is 4.79 Å². The van der Waals surface area contributed by atoms with Crippen LogP contribution in [0.4, 0.5) is 0 Å². The zero-order valence-electron chi connectivity index (χ0n) is 14.8. The van der Waals surface area contributed by atoms with Gasteiger partial charge < -0.3 is 9.47 Å². The van der Waals surface area contributed by atoms with Crippen molar-refractivity contribution in [1.29, 1.82) is 0 Å². The minimum atomic E-state index is -0.363. The molecule has 0 fully saturated rings. The molecule has 0 saturated carbocycles. The number of hydrogen-bond donors (Lipinski definition) is 0. The Morgan fingerprint density at radius 1 is 0.840 bits per heavy atom. The van der Waals surface area contributed by atoms with Gasteiger partial charge in [0.25, 0.3) is 0 Å². The van der Waals surface area contributed by atoms with Crippen molar-refractivity contribution in [1.82, 2.24) is 0 Å². The van der Waals surface area contributed by atoms with E-state index in [4.69, 9.17) is 4.74 Å². The maximum absolute atomic E-state index is 11.4. The quantitative estimate of drug-likeness (QED) is 0.615. The Morgan fingerprint density at radius 3 is 1.76 bits per heavy atom. The first-order valence-electron chi connectivity index (χ1n) is 7.87. The molecule has 0 radical (unpaired) electrons. The van der Waals surface area contributed by atoms with Crippen LogP contribution in [0.5, 0.6) is 5.75 Å². The Kier molecular flexibility index (Phi) is 5.88. The van der Waals surface area contributed by atoms with Crippen LogP contribution in [0.25, 0.3) is 0 Å². The van der Waals surface area contributed by atoms with Crippen LogP contribution in [0.1, 0.15) is 42.3 Å². The highest BCUT2D eigenvalue weighted by molar-refractivity contribution is 5.89. The molecular weight excluding hydrogens is 312 g/mol. The summed E-state index contributed by atoms with van der Waals surface area (Å²) in [5.41, 5.74) is 1.94. The molecule has 0 aliphatic heterocycles. The Morgan fingerprint density at radius 2 is 1.32 bits per heavy atom. The number of rotatable bonds is 2. The molecule has 0 aromatic heterocycles. The smallest absolute Gasteiger partial charge is 0.337 e. The van der Waals surface area contributed by atoms with Crippen LogP contribution in [-0.4, -0.2) is 18.7 Å². The molecule has 0 aliphatic rings. The zero-order valence-corrected chi connectivity index (χ0v) is 14.8. The number of methoxy groups -OCH3 is 1. The van der Waals surface area contributed by atoms with Gasteiger partial charge in [-0.3, -0.25) is 0 Å². The summed E-state index contributed by atoms with van der Waals surface area (Å²) >= 11 is 0. The molecule has 126 valence electrons. The molecule has 2 rings (SSSR count). The van der Waals surface area contributed by atoms with Crippen LogP contribution in [0.15, 0.2) is 48.5 Å². The Hall–Kier alpha value is -3.17. The molecule has 0 bridgehead atoms. The average Bonchev–Trinajstić information content (AvgIpc) is 2.58. The molecule has 0 atom stereocenters. The lowest BCUT2D eigenvalue weighted by Gasteiger charge is -2.21. The van der Waals surface area contributed by atoms with Crippen LogP contribution in [-0.2, 0) is 4.74 Å². The van der Waals surface area contributed by atoms with E-state index in [1.54, 1.807) is 24.3 Å². The molecule has 0 heterocycles. The fraction of sp³-hybridized carbons (Fsp3) is 0.227. The minimum absolute atomic E-state index is 0.220. The summed E-state index contributed by atoms with van der Waals surface area (Å²) < 4.78 is 10.4.